The van der Waals surface area contributed by atoms with E-state index in [1.165, 1.54) is 0 Å². The van der Waals surface area contributed by atoms with Gasteiger partial charge in [-0.1, -0.05) is 30.3 Å². The zero-order chi connectivity index (χ0) is 15.5. The SMILES string of the molecule is Cc1csc(C(C)(C)NC(=O)CC(N)c2ccccc2)n1. The van der Waals surface area contributed by atoms with E-state index in [-0.39, 0.29) is 18.4 Å². The molecule has 0 aliphatic heterocycles. The summed E-state index contributed by atoms with van der Waals surface area (Å²) in [6, 6.07) is 9.37. The fourth-order valence-electron chi connectivity index (χ4n) is 2.11. The first-order valence-corrected chi connectivity index (χ1v) is 7.80. The van der Waals surface area contributed by atoms with Gasteiger partial charge in [-0.3, -0.25) is 4.79 Å². The van der Waals surface area contributed by atoms with Gasteiger partial charge in [-0.05, 0) is 26.3 Å². The number of aromatic nitrogens is 1. The van der Waals surface area contributed by atoms with Gasteiger partial charge in [0.2, 0.25) is 5.91 Å². The summed E-state index contributed by atoms with van der Waals surface area (Å²) in [5.74, 6) is -0.0655. The van der Waals surface area contributed by atoms with E-state index >= 15 is 0 Å². The van der Waals surface area contributed by atoms with E-state index in [0.717, 1.165) is 16.3 Å². The Morgan fingerprint density at radius 2 is 2.05 bits per heavy atom. The maximum Gasteiger partial charge on any atom is 0.222 e. The monoisotopic (exact) mass is 303 g/mol. The molecule has 1 heterocycles. The maximum atomic E-state index is 12.2. The topological polar surface area (TPSA) is 68.0 Å². The molecule has 2 aromatic rings. The van der Waals surface area contributed by atoms with Crippen molar-refractivity contribution in [2.75, 3.05) is 0 Å². The van der Waals surface area contributed by atoms with Crippen LogP contribution in [0.3, 0.4) is 0 Å². The van der Waals surface area contributed by atoms with Crippen LogP contribution in [0, 0.1) is 6.92 Å². The quantitative estimate of drug-likeness (QED) is 0.892. The molecule has 0 saturated carbocycles. The molecular formula is C16H21N3OS. The Morgan fingerprint density at radius 1 is 1.38 bits per heavy atom. The Bertz CT molecular complexity index is 607. The molecule has 0 aliphatic carbocycles. The van der Waals surface area contributed by atoms with Crippen molar-refractivity contribution in [3.8, 4) is 0 Å². The van der Waals surface area contributed by atoms with Crippen LogP contribution < -0.4 is 11.1 Å². The third kappa shape index (κ3) is 4.12. The number of nitrogens with zero attached hydrogens (tertiary/aromatic N) is 1. The lowest BCUT2D eigenvalue weighted by atomic mass is 10.0. The van der Waals surface area contributed by atoms with Crippen molar-refractivity contribution in [2.45, 2.75) is 38.8 Å². The van der Waals surface area contributed by atoms with Crippen molar-refractivity contribution in [1.29, 1.82) is 0 Å². The number of nitrogens with one attached hydrogen (secondary N) is 1. The van der Waals surface area contributed by atoms with Crippen molar-refractivity contribution in [1.82, 2.24) is 10.3 Å². The number of amides is 1. The molecule has 1 unspecified atom stereocenters. The highest BCUT2D eigenvalue weighted by Gasteiger charge is 2.26. The van der Waals surface area contributed by atoms with Gasteiger partial charge >= 0.3 is 0 Å². The molecule has 1 aromatic carbocycles. The first-order valence-electron chi connectivity index (χ1n) is 6.92. The zero-order valence-electron chi connectivity index (χ0n) is 12.6. The summed E-state index contributed by atoms with van der Waals surface area (Å²) in [6.45, 7) is 5.86. The molecule has 0 bridgehead atoms. The average molecular weight is 303 g/mol. The highest BCUT2D eigenvalue weighted by atomic mass is 32.1. The number of hydrogen-bond donors (Lipinski definition) is 2. The van der Waals surface area contributed by atoms with Gasteiger partial charge in [0.25, 0.3) is 0 Å². The van der Waals surface area contributed by atoms with Crippen LogP contribution in [0.4, 0.5) is 0 Å². The second kappa shape index (κ2) is 6.37. The predicted molar refractivity (Wildman–Crippen MR) is 86.0 cm³/mol. The number of carbonyl (C=O) groups is 1. The van der Waals surface area contributed by atoms with E-state index in [4.69, 9.17) is 5.73 Å². The number of rotatable bonds is 5. The van der Waals surface area contributed by atoms with Crippen molar-refractivity contribution in [2.24, 2.45) is 5.73 Å². The van der Waals surface area contributed by atoms with Crippen molar-refractivity contribution >= 4 is 17.2 Å². The van der Waals surface area contributed by atoms with Crippen LogP contribution >= 0.6 is 11.3 Å². The minimum Gasteiger partial charge on any atom is -0.345 e. The van der Waals surface area contributed by atoms with Crippen LogP contribution in [-0.4, -0.2) is 10.9 Å². The number of nitrogens with two attached hydrogens (primary N) is 1. The molecule has 5 heteroatoms. The third-order valence-electron chi connectivity index (χ3n) is 3.24. The van der Waals surface area contributed by atoms with Gasteiger partial charge in [-0.2, -0.15) is 0 Å². The van der Waals surface area contributed by atoms with E-state index in [1.807, 2.05) is 56.5 Å². The molecule has 112 valence electrons. The van der Waals surface area contributed by atoms with E-state index < -0.39 is 5.54 Å². The molecule has 1 atom stereocenters. The maximum absolute atomic E-state index is 12.2. The predicted octanol–water partition coefficient (Wildman–Crippen LogP) is 2.89. The van der Waals surface area contributed by atoms with Crippen molar-refractivity contribution in [3.63, 3.8) is 0 Å². The Kier molecular flexibility index (Phi) is 4.75. The Hall–Kier alpha value is -1.72. The van der Waals surface area contributed by atoms with E-state index in [2.05, 4.69) is 10.3 Å². The fourth-order valence-corrected chi connectivity index (χ4v) is 2.99. The van der Waals surface area contributed by atoms with E-state index in [1.54, 1.807) is 11.3 Å². The molecular weight excluding hydrogens is 282 g/mol. The van der Waals surface area contributed by atoms with Crippen LogP contribution in [0.2, 0.25) is 0 Å². The molecule has 0 fully saturated rings. The highest BCUT2D eigenvalue weighted by molar-refractivity contribution is 7.09. The van der Waals surface area contributed by atoms with Crippen LogP contribution in [-0.2, 0) is 10.3 Å². The molecule has 4 nitrogen and oxygen atoms in total. The lowest BCUT2D eigenvalue weighted by Gasteiger charge is -2.24. The third-order valence-corrected chi connectivity index (χ3v) is 4.52. The Morgan fingerprint density at radius 3 is 2.62 bits per heavy atom. The minimum atomic E-state index is -0.480. The normalized spacial score (nSPS) is 13.0. The van der Waals surface area contributed by atoms with Crippen molar-refractivity contribution in [3.05, 3.63) is 52.0 Å². The number of aryl methyl sites for hydroxylation is 1. The summed E-state index contributed by atoms with van der Waals surface area (Å²) in [5, 5.41) is 5.90. The molecule has 0 aliphatic rings. The van der Waals surface area contributed by atoms with Gasteiger partial charge in [0.05, 0.1) is 5.54 Å². The molecule has 1 amide bonds. The molecule has 2 rings (SSSR count). The molecule has 1 aromatic heterocycles. The van der Waals surface area contributed by atoms with Crippen LogP contribution in [0.5, 0.6) is 0 Å². The first-order chi connectivity index (χ1) is 9.88. The summed E-state index contributed by atoms with van der Waals surface area (Å²) < 4.78 is 0. The summed E-state index contributed by atoms with van der Waals surface area (Å²) in [5.41, 5.74) is 7.54. The van der Waals surface area contributed by atoms with E-state index in [9.17, 15) is 4.79 Å². The number of hydrogen-bond acceptors (Lipinski definition) is 4. The van der Waals surface area contributed by atoms with Crippen LogP contribution in [0.1, 0.15) is 42.6 Å². The van der Waals surface area contributed by atoms with Gasteiger partial charge in [0, 0.05) is 23.5 Å². The second-order valence-electron chi connectivity index (χ2n) is 5.69. The van der Waals surface area contributed by atoms with E-state index in [0.29, 0.717) is 0 Å². The molecule has 21 heavy (non-hydrogen) atoms. The zero-order valence-corrected chi connectivity index (χ0v) is 13.4. The lowest BCUT2D eigenvalue weighted by Crippen LogP contribution is -2.42. The molecule has 0 radical (unpaired) electrons. The van der Waals surface area contributed by atoms with Crippen LogP contribution in [0.25, 0.3) is 0 Å². The van der Waals surface area contributed by atoms with Gasteiger partial charge in [0.1, 0.15) is 5.01 Å². The molecule has 0 spiro atoms. The Balaban J connectivity index is 1.98. The summed E-state index contributed by atoms with van der Waals surface area (Å²) >= 11 is 1.56. The smallest absolute Gasteiger partial charge is 0.222 e. The average Bonchev–Trinajstić information content (AvgIpc) is 2.86. The largest absolute Gasteiger partial charge is 0.345 e. The first kappa shape index (κ1) is 15.7. The number of carbonyl (C=O) groups excluding carboxylic acids is 1. The fraction of sp³-hybridized carbons (Fsp3) is 0.375. The molecule has 0 saturated heterocycles. The summed E-state index contributed by atoms with van der Waals surface area (Å²) in [4.78, 5) is 16.7. The summed E-state index contributed by atoms with van der Waals surface area (Å²) in [7, 11) is 0. The number of thiazole rings is 1. The van der Waals surface area contributed by atoms with Crippen molar-refractivity contribution < 1.29 is 4.79 Å². The van der Waals surface area contributed by atoms with Gasteiger partial charge < -0.3 is 11.1 Å². The van der Waals surface area contributed by atoms with Gasteiger partial charge in [-0.25, -0.2) is 4.98 Å². The lowest BCUT2D eigenvalue weighted by molar-refractivity contribution is -0.123. The van der Waals surface area contributed by atoms with Crippen LogP contribution in [0.15, 0.2) is 35.7 Å². The van der Waals surface area contributed by atoms with Gasteiger partial charge in [-0.15, -0.1) is 11.3 Å². The number of benzene rings is 1. The summed E-state index contributed by atoms with van der Waals surface area (Å²) in [6.07, 6.45) is 0.262. The van der Waals surface area contributed by atoms with Gasteiger partial charge in [0.15, 0.2) is 0 Å². The second-order valence-corrected chi connectivity index (χ2v) is 6.55. The minimum absolute atomic E-state index is 0.0655. The Labute approximate surface area is 129 Å². The molecule has 3 N–H and O–H groups in total. The standard InChI is InChI=1S/C16H21N3OS/c1-11-10-21-15(18-11)16(2,3)19-14(20)9-13(17)12-7-5-4-6-8-12/h4-8,10,13H,9,17H2,1-3H3,(H,19,20). The highest BCUT2D eigenvalue weighted by Crippen LogP contribution is 2.24.